The molecular formula is C24H30N4O2. The van der Waals surface area contributed by atoms with Crippen LogP contribution in [0.2, 0.25) is 0 Å². The fourth-order valence-electron chi connectivity index (χ4n) is 4.79. The molecule has 1 saturated carbocycles. The van der Waals surface area contributed by atoms with Crippen LogP contribution in [0.4, 0.5) is 22.9 Å². The monoisotopic (exact) mass is 406 g/mol. The Labute approximate surface area is 178 Å². The lowest BCUT2D eigenvalue weighted by molar-refractivity contribution is -0.123. The van der Waals surface area contributed by atoms with Crippen LogP contribution in [-0.4, -0.2) is 36.7 Å². The highest BCUT2D eigenvalue weighted by Gasteiger charge is 2.38. The van der Waals surface area contributed by atoms with Gasteiger partial charge in [-0.15, -0.1) is 0 Å². The number of hydrogen-bond donors (Lipinski definition) is 1. The van der Waals surface area contributed by atoms with Crippen LogP contribution in [0.3, 0.4) is 0 Å². The van der Waals surface area contributed by atoms with Gasteiger partial charge in [0.15, 0.2) is 0 Å². The third-order valence-electron chi connectivity index (χ3n) is 6.99. The number of nitrogens with one attached hydrogen (secondary N) is 1. The number of nitrogens with zero attached hydrogens (tertiary/aromatic N) is 3. The van der Waals surface area contributed by atoms with Crippen molar-refractivity contribution in [2.75, 3.05) is 35.4 Å². The van der Waals surface area contributed by atoms with Crippen molar-refractivity contribution in [2.24, 2.45) is 5.92 Å². The summed E-state index contributed by atoms with van der Waals surface area (Å²) in [7, 11) is 2.11. The van der Waals surface area contributed by atoms with Gasteiger partial charge in [-0.3, -0.25) is 4.79 Å². The molecule has 3 heterocycles. The number of rotatable bonds is 3. The molecule has 5 rings (SSSR count). The molecule has 0 spiro atoms. The summed E-state index contributed by atoms with van der Waals surface area (Å²) >= 11 is 0. The van der Waals surface area contributed by atoms with E-state index in [2.05, 4.69) is 53.4 Å². The van der Waals surface area contributed by atoms with E-state index in [-0.39, 0.29) is 17.4 Å². The number of hydrogen-bond acceptors (Lipinski definition) is 5. The standard InChI is InChI=1S/C24H30N4O2/c1-24(15-30-16-24)27(2)19-10-11-20-21(13-19)28(23(29)17-7-4-3-5-8-17)14-18-9-6-12-25-22(18)26-20/h6,9-13,17H,3-5,7-8,14-16H2,1-2H3,(H,25,26). The Morgan fingerprint density at radius 2 is 2.03 bits per heavy atom. The summed E-state index contributed by atoms with van der Waals surface area (Å²) in [5.74, 6) is 1.19. The van der Waals surface area contributed by atoms with Crippen LogP contribution < -0.4 is 15.1 Å². The van der Waals surface area contributed by atoms with Crippen LogP contribution >= 0.6 is 0 Å². The summed E-state index contributed by atoms with van der Waals surface area (Å²) in [5.41, 5.74) is 4.02. The minimum absolute atomic E-state index is 0.00484. The minimum atomic E-state index is -0.00484. The van der Waals surface area contributed by atoms with Crippen molar-refractivity contribution >= 4 is 28.8 Å². The van der Waals surface area contributed by atoms with Gasteiger partial charge < -0.3 is 19.9 Å². The van der Waals surface area contributed by atoms with Crippen LogP contribution in [0.15, 0.2) is 36.5 Å². The van der Waals surface area contributed by atoms with Gasteiger partial charge in [0.25, 0.3) is 0 Å². The van der Waals surface area contributed by atoms with E-state index < -0.39 is 0 Å². The first-order chi connectivity index (χ1) is 14.5. The van der Waals surface area contributed by atoms with Crippen LogP contribution in [0.25, 0.3) is 0 Å². The van der Waals surface area contributed by atoms with Crippen LogP contribution in [-0.2, 0) is 16.1 Å². The Balaban J connectivity index is 1.55. The number of likely N-dealkylation sites (N-methyl/N-ethyl adjacent to an activating group) is 1. The number of fused-ring (bicyclic) bond motifs is 2. The molecule has 0 bridgehead atoms. The van der Waals surface area contributed by atoms with Crippen LogP contribution in [0.5, 0.6) is 0 Å². The zero-order valence-corrected chi connectivity index (χ0v) is 17.9. The Bertz CT molecular complexity index is 950. The molecule has 6 nitrogen and oxygen atoms in total. The Morgan fingerprint density at radius 1 is 1.23 bits per heavy atom. The summed E-state index contributed by atoms with van der Waals surface area (Å²) in [6, 6.07) is 10.3. The number of ether oxygens (including phenoxy) is 1. The summed E-state index contributed by atoms with van der Waals surface area (Å²) in [4.78, 5) is 22.5. The van der Waals surface area contributed by atoms with Gasteiger partial charge in [-0.1, -0.05) is 25.3 Å². The molecular weight excluding hydrogens is 376 g/mol. The second-order valence-electron chi connectivity index (χ2n) is 9.15. The number of aromatic nitrogens is 1. The van der Waals surface area contributed by atoms with Crippen molar-refractivity contribution in [1.29, 1.82) is 0 Å². The third-order valence-corrected chi connectivity index (χ3v) is 6.99. The molecule has 158 valence electrons. The van der Waals surface area contributed by atoms with Gasteiger partial charge in [-0.25, -0.2) is 4.98 Å². The highest BCUT2D eigenvalue weighted by molar-refractivity contribution is 6.00. The van der Waals surface area contributed by atoms with Gasteiger partial charge in [-0.2, -0.15) is 0 Å². The van der Waals surface area contributed by atoms with Gasteiger partial charge in [0.05, 0.1) is 36.7 Å². The second-order valence-corrected chi connectivity index (χ2v) is 9.15. The Kier molecular flexibility index (Phi) is 4.89. The van der Waals surface area contributed by atoms with Gasteiger partial charge in [0, 0.05) is 30.4 Å². The fraction of sp³-hybridized carbons (Fsp3) is 0.500. The summed E-state index contributed by atoms with van der Waals surface area (Å²) < 4.78 is 5.47. The smallest absolute Gasteiger partial charge is 0.230 e. The van der Waals surface area contributed by atoms with E-state index in [1.807, 2.05) is 11.0 Å². The average molecular weight is 407 g/mol. The van der Waals surface area contributed by atoms with Crippen molar-refractivity contribution in [2.45, 2.75) is 51.1 Å². The summed E-state index contributed by atoms with van der Waals surface area (Å²) in [5, 5.41) is 3.48. The predicted molar refractivity (Wildman–Crippen MR) is 119 cm³/mol. The quantitative estimate of drug-likeness (QED) is 0.815. The minimum Gasteiger partial charge on any atom is -0.376 e. The molecule has 2 fully saturated rings. The predicted octanol–water partition coefficient (Wildman–Crippen LogP) is 4.48. The van der Waals surface area contributed by atoms with E-state index in [4.69, 9.17) is 4.74 Å². The molecule has 0 unspecified atom stereocenters. The number of carbonyl (C=O) groups is 1. The van der Waals surface area contributed by atoms with Crippen molar-refractivity contribution in [3.63, 3.8) is 0 Å². The van der Waals surface area contributed by atoms with Crippen molar-refractivity contribution in [3.05, 3.63) is 42.1 Å². The topological polar surface area (TPSA) is 57.7 Å². The van der Waals surface area contributed by atoms with Gasteiger partial charge >= 0.3 is 0 Å². The number of benzene rings is 1. The molecule has 3 aliphatic rings. The molecule has 0 atom stereocenters. The number of amides is 1. The van der Waals surface area contributed by atoms with Gasteiger partial charge in [-0.05, 0) is 44.0 Å². The van der Waals surface area contributed by atoms with Gasteiger partial charge in [0.2, 0.25) is 5.91 Å². The molecule has 6 heteroatoms. The summed E-state index contributed by atoms with van der Waals surface area (Å²) in [6.07, 6.45) is 7.32. The molecule has 2 aliphatic heterocycles. The average Bonchev–Trinajstić information content (AvgIpc) is 2.93. The number of carbonyl (C=O) groups excluding carboxylic acids is 1. The lowest BCUT2D eigenvalue weighted by Crippen LogP contribution is -2.59. The van der Waals surface area contributed by atoms with E-state index >= 15 is 0 Å². The zero-order valence-electron chi connectivity index (χ0n) is 17.9. The molecule has 1 N–H and O–H groups in total. The van der Waals surface area contributed by atoms with Gasteiger partial charge in [0.1, 0.15) is 5.82 Å². The molecule has 1 aliphatic carbocycles. The van der Waals surface area contributed by atoms with E-state index in [0.29, 0.717) is 6.54 Å². The van der Waals surface area contributed by atoms with E-state index in [0.717, 1.165) is 67.3 Å². The molecule has 0 radical (unpaired) electrons. The van der Waals surface area contributed by atoms with E-state index in [1.165, 1.54) is 6.42 Å². The number of anilines is 4. The Morgan fingerprint density at radius 3 is 2.77 bits per heavy atom. The highest BCUT2D eigenvalue weighted by atomic mass is 16.5. The van der Waals surface area contributed by atoms with E-state index in [1.54, 1.807) is 6.20 Å². The van der Waals surface area contributed by atoms with Crippen LogP contribution in [0, 0.1) is 5.92 Å². The first kappa shape index (κ1) is 19.4. The maximum Gasteiger partial charge on any atom is 0.230 e. The molecule has 2 aromatic rings. The van der Waals surface area contributed by atoms with E-state index in [9.17, 15) is 4.79 Å². The fourth-order valence-corrected chi connectivity index (χ4v) is 4.79. The maximum atomic E-state index is 13.7. The maximum absolute atomic E-state index is 13.7. The lowest BCUT2D eigenvalue weighted by atomic mass is 9.88. The molecule has 1 saturated heterocycles. The molecule has 1 aromatic carbocycles. The highest BCUT2D eigenvalue weighted by Crippen LogP contribution is 2.40. The normalized spacial score (nSPS) is 20.3. The second kappa shape index (κ2) is 7.58. The Hall–Kier alpha value is -2.60. The lowest BCUT2D eigenvalue weighted by Gasteiger charge is -2.46. The summed E-state index contributed by atoms with van der Waals surface area (Å²) in [6.45, 7) is 4.20. The molecule has 1 aromatic heterocycles. The number of pyridine rings is 1. The zero-order chi connectivity index (χ0) is 20.7. The largest absolute Gasteiger partial charge is 0.376 e. The van der Waals surface area contributed by atoms with Crippen LogP contribution in [0.1, 0.15) is 44.6 Å². The van der Waals surface area contributed by atoms with Crippen molar-refractivity contribution in [1.82, 2.24) is 4.98 Å². The third kappa shape index (κ3) is 3.33. The van der Waals surface area contributed by atoms with Crippen molar-refractivity contribution < 1.29 is 9.53 Å². The van der Waals surface area contributed by atoms with Crippen molar-refractivity contribution in [3.8, 4) is 0 Å². The molecule has 30 heavy (non-hydrogen) atoms. The SMILES string of the molecule is CN(c1ccc2c(c1)N(C(=O)C1CCCCC1)Cc1cccnc1N2)C1(C)COC1. The molecule has 1 amide bonds. The first-order valence-electron chi connectivity index (χ1n) is 11.0. The first-order valence-corrected chi connectivity index (χ1v) is 11.0.